The zero-order valence-corrected chi connectivity index (χ0v) is 13.5. The number of fused-ring (bicyclic) bond motifs is 3. The van der Waals surface area contributed by atoms with Crippen LogP contribution in [-0.4, -0.2) is 21.5 Å². The third-order valence-electron chi connectivity index (χ3n) is 3.97. The molecular formula is C17H16O4S. The molecule has 0 N–H and O–H groups in total. The van der Waals surface area contributed by atoms with E-state index in [9.17, 15) is 13.2 Å². The fourth-order valence-corrected chi connectivity index (χ4v) is 4.45. The van der Waals surface area contributed by atoms with E-state index >= 15 is 0 Å². The second-order valence-electron chi connectivity index (χ2n) is 5.57. The first kappa shape index (κ1) is 14.8. The van der Waals surface area contributed by atoms with E-state index in [0.717, 1.165) is 16.7 Å². The Kier molecular flexibility index (Phi) is 3.33. The molecule has 0 amide bonds. The van der Waals surface area contributed by atoms with Crippen LogP contribution in [-0.2, 0) is 20.3 Å². The number of carbonyl (C=O) groups is 1. The normalized spacial score (nSPS) is 14.9. The summed E-state index contributed by atoms with van der Waals surface area (Å²) in [5.41, 5.74) is 4.44. The van der Waals surface area contributed by atoms with E-state index in [0.29, 0.717) is 16.7 Å². The summed E-state index contributed by atoms with van der Waals surface area (Å²) in [4.78, 5) is 12.0. The number of hydrogen-bond donors (Lipinski definition) is 0. The van der Waals surface area contributed by atoms with Crippen molar-refractivity contribution < 1.29 is 17.9 Å². The highest BCUT2D eigenvalue weighted by atomic mass is 32.2. The molecule has 22 heavy (non-hydrogen) atoms. The molecule has 3 rings (SSSR count). The minimum atomic E-state index is -3.46. The highest BCUT2D eigenvalue weighted by molar-refractivity contribution is 7.90. The Morgan fingerprint density at radius 2 is 1.82 bits per heavy atom. The van der Waals surface area contributed by atoms with E-state index in [-0.39, 0.29) is 10.6 Å². The summed E-state index contributed by atoms with van der Waals surface area (Å²) < 4.78 is 29.8. The van der Waals surface area contributed by atoms with Crippen LogP contribution in [0.25, 0.3) is 11.1 Å². The Labute approximate surface area is 129 Å². The number of esters is 1. The quantitative estimate of drug-likeness (QED) is 0.759. The fourth-order valence-electron chi connectivity index (χ4n) is 2.84. The molecule has 4 nitrogen and oxygen atoms in total. The first-order valence-electron chi connectivity index (χ1n) is 6.89. The standard InChI is InChI=1S/C17H16O4S/c1-10-4-5-12-9-22(19,20)16-8-13(17(18)21-3)11(2)7-15(16)14(12)6-10/h4-8H,9H2,1-3H3. The van der Waals surface area contributed by atoms with Gasteiger partial charge in [0.1, 0.15) is 0 Å². The molecule has 0 saturated heterocycles. The second-order valence-corrected chi connectivity index (χ2v) is 7.53. The van der Waals surface area contributed by atoms with Crippen molar-refractivity contribution in [2.24, 2.45) is 0 Å². The van der Waals surface area contributed by atoms with E-state index in [1.807, 2.05) is 25.1 Å². The van der Waals surface area contributed by atoms with Gasteiger partial charge in [0, 0.05) is 5.56 Å². The first-order chi connectivity index (χ1) is 10.3. The molecule has 2 aromatic rings. The van der Waals surface area contributed by atoms with Gasteiger partial charge >= 0.3 is 5.97 Å². The zero-order valence-electron chi connectivity index (χ0n) is 12.6. The summed E-state index contributed by atoms with van der Waals surface area (Å²) >= 11 is 0. The van der Waals surface area contributed by atoms with Gasteiger partial charge in [0.15, 0.2) is 9.84 Å². The predicted molar refractivity (Wildman–Crippen MR) is 83.6 cm³/mol. The van der Waals surface area contributed by atoms with Crippen molar-refractivity contribution in [2.45, 2.75) is 24.5 Å². The third-order valence-corrected chi connectivity index (χ3v) is 5.67. The number of carbonyl (C=O) groups excluding carboxylic acids is 1. The number of ether oxygens (including phenoxy) is 1. The van der Waals surface area contributed by atoms with Gasteiger partial charge in [-0.1, -0.05) is 23.8 Å². The van der Waals surface area contributed by atoms with Crippen LogP contribution < -0.4 is 0 Å². The summed E-state index contributed by atoms with van der Waals surface area (Å²) in [6.07, 6.45) is 0. The van der Waals surface area contributed by atoms with Crippen molar-refractivity contribution in [1.29, 1.82) is 0 Å². The van der Waals surface area contributed by atoms with E-state index in [1.54, 1.807) is 13.0 Å². The first-order valence-corrected chi connectivity index (χ1v) is 8.54. The Balaban J connectivity index is 2.35. The van der Waals surface area contributed by atoms with Gasteiger partial charge < -0.3 is 4.74 Å². The van der Waals surface area contributed by atoms with Gasteiger partial charge in [-0.3, -0.25) is 0 Å². The minimum absolute atomic E-state index is 0.0424. The Morgan fingerprint density at radius 1 is 1.09 bits per heavy atom. The van der Waals surface area contributed by atoms with E-state index in [2.05, 4.69) is 0 Å². The topological polar surface area (TPSA) is 60.4 Å². The summed E-state index contributed by atoms with van der Waals surface area (Å²) in [6.45, 7) is 3.75. The number of hydrogen-bond acceptors (Lipinski definition) is 4. The lowest BCUT2D eigenvalue weighted by molar-refractivity contribution is 0.0599. The molecule has 0 unspecified atom stereocenters. The number of methoxy groups -OCH3 is 1. The number of sulfone groups is 1. The molecule has 114 valence electrons. The summed E-state index contributed by atoms with van der Waals surface area (Å²) in [5.74, 6) is -0.565. The molecule has 0 bridgehead atoms. The van der Waals surface area contributed by atoms with Gasteiger partial charge in [0.25, 0.3) is 0 Å². The average Bonchev–Trinajstić information content (AvgIpc) is 2.46. The van der Waals surface area contributed by atoms with Crippen LogP contribution in [0, 0.1) is 13.8 Å². The van der Waals surface area contributed by atoms with Crippen molar-refractivity contribution in [2.75, 3.05) is 7.11 Å². The van der Waals surface area contributed by atoms with Gasteiger partial charge in [-0.25, -0.2) is 13.2 Å². The molecule has 1 aliphatic heterocycles. The molecule has 0 fully saturated rings. The largest absolute Gasteiger partial charge is 0.465 e. The lowest BCUT2D eigenvalue weighted by Crippen LogP contribution is -2.15. The SMILES string of the molecule is COC(=O)c1cc2c(cc1C)-c1cc(C)ccc1CS2(=O)=O. The van der Waals surface area contributed by atoms with E-state index < -0.39 is 15.8 Å². The van der Waals surface area contributed by atoms with Crippen LogP contribution in [0.2, 0.25) is 0 Å². The van der Waals surface area contributed by atoms with Gasteiger partial charge in [-0.15, -0.1) is 0 Å². The maximum absolute atomic E-state index is 12.5. The van der Waals surface area contributed by atoms with Crippen molar-refractivity contribution in [1.82, 2.24) is 0 Å². The van der Waals surface area contributed by atoms with Crippen LogP contribution in [0.3, 0.4) is 0 Å². The second kappa shape index (κ2) is 4.95. The van der Waals surface area contributed by atoms with Crippen molar-refractivity contribution in [3.8, 4) is 11.1 Å². The van der Waals surface area contributed by atoms with E-state index in [1.165, 1.54) is 13.2 Å². The van der Waals surface area contributed by atoms with Gasteiger partial charge in [0.2, 0.25) is 0 Å². The van der Waals surface area contributed by atoms with Crippen LogP contribution in [0.15, 0.2) is 35.2 Å². The fraction of sp³-hybridized carbons (Fsp3) is 0.235. The lowest BCUT2D eigenvalue weighted by atomic mass is 9.95. The number of benzene rings is 2. The Morgan fingerprint density at radius 3 is 2.50 bits per heavy atom. The smallest absolute Gasteiger partial charge is 0.338 e. The highest BCUT2D eigenvalue weighted by Crippen LogP contribution is 2.39. The molecular weight excluding hydrogens is 300 g/mol. The number of aryl methyl sites for hydroxylation is 2. The van der Waals surface area contributed by atoms with Crippen LogP contribution in [0.1, 0.15) is 27.0 Å². The molecule has 5 heteroatoms. The summed E-state index contributed by atoms with van der Waals surface area (Å²) in [6, 6.07) is 8.96. The molecule has 0 atom stereocenters. The molecule has 0 radical (unpaired) electrons. The highest BCUT2D eigenvalue weighted by Gasteiger charge is 2.30. The van der Waals surface area contributed by atoms with Gasteiger partial charge in [-0.05, 0) is 42.7 Å². The van der Waals surface area contributed by atoms with Crippen molar-refractivity contribution in [3.63, 3.8) is 0 Å². The lowest BCUT2D eigenvalue weighted by Gasteiger charge is -2.22. The molecule has 2 aromatic carbocycles. The van der Waals surface area contributed by atoms with E-state index in [4.69, 9.17) is 4.74 Å². The van der Waals surface area contributed by atoms with Crippen LogP contribution >= 0.6 is 0 Å². The van der Waals surface area contributed by atoms with Crippen LogP contribution in [0.5, 0.6) is 0 Å². The minimum Gasteiger partial charge on any atom is -0.465 e. The summed E-state index contributed by atoms with van der Waals surface area (Å²) in [5, 5.41) is 0. The maximum atomic E-state index is 12.5. The third kappa shape index (κ3) is 2.22. The monoisotopic (exact) mass is 316 g/mol. The molecule has 1 aliphatic rings. The molecule has 0 aromatic heterocycles. The van der Waals surface area contributed by atoms with Crippen LogP contribution in [0.4, 0.5) is 0 Å². The Bertz CT molecular complexity index is 895. The molecule has 0 spiro atoms. The van der Waals surface area contributed by atoms with Gasteiger partial charge in [-0.2, -0.15) is 0 Å². The Hall–Kier alpha value is -2.14. The molecule has 1 heterocycles. The molecule has 0 aliphatic carbocycles. The number of rotatable bonds is 1. The maximum Gasteiger partial charge on any atom is 0.338 e. The average molecular weight is 316 g/mol. The zero-order chi connectivity index (χ0) is 16.1. The predicted octanol–water partition coefficient (Wildman–Crippen LogP) is 3.04. The van der Waals surface area contributed by atoms with Crippen molar-refractivity contribution in [3.05, 3.63) is 52.6 Å². The summed E-state index contributed by atoms with van der Waals surface area (Å²) in [7, 11) is -2.17. The molecule has 0 saturated carbocycles. The van der Waals surface area contributed by atoms with Gasteiger partial charge in [0.05, 0.1) is 23.3 Å². The van der Waals surface area contributed by atoms with Crippen molar-refractivity contribution >= 4 is 15.8 Å².